The Morgan fingerprint density at radius 2 is 2.14 bits per heavy atom. The molecule has 154 valence electrons. The number of carbonyl (C=O) groups is 1. The summed E-state index contributed by atoms with van der Waals surface area (Å²) in [6, 6.07) is 4.80. The summed E-state index contributed by atoms with van der Waals surface area (Å²) in [5.74, 6) is 6.92. The molecule has 2 heterocycles. The van der Waals surface area contributed by atoms with Crippen molar-refractivity contribution in [2.45, 2.75) is 4.34 Å². The molecule has 0 spiro atoms. The number of carbonyl (C=O) groups excluding carboxylic acids is 1. The maximum Gasteiger partial charge on any atom is 0.264 e. The molecule has 0 bridgehead atoms. The molecule has 11 heteroatoms. The van der Waals surface area contributed by atoms with Gasteiger partial charge in [0.2, 0.25) is 5.13 Å². The van der Waals surface area contributed by atoms with Gasteiger partial charge in [-0.15, -0.1) is 10.2 Å². The van der Waals surface area contributed by atoms with Crippen LogP contribution in [0.1, 0.15) is 0 Å². The number of hydrogen-bond donors (Lipinski definition) is 1. The normalized spacial score (nSPS) is 14.1. The van der Waals surface area contributed by atoms with Gasteiger partial charge in [-0.3, -0.25) is 15.0 Å². The summed E-state index contributed by atoms with van der Waals surface area (Å²) < 4.78 is 11.4. The zero-order valence-corrected chi connectivity index (χ0v) is 18.5. The summed E-state index contributed by atoms with van der Waals surface area (Å²) in [7, 11) is 0. The highest BCUT2D eigenvalue weighted by Crippen LogP contribution is 2.28. The second-order valence-electron chi connectivity index (χ2n) is 5.82. The molecule has 0 radical (unpaired) electrons. The fourth-order valence-electron chi connectivity index (χ4n) is 2.29. The Hall–Kier alpha value is -1.54. The standard InChI is InChI=1S/C18H18Cl2N4O3S2/c19-13-3-4-15(14(20)11-13)27-12-16(25)21-17-22-23-18(29-17)28-10-2-1-5-24-6-8-26-9-7-24/h3-4,11H,5-10,12H2,(H,21,22,25). The number of nitrogens with zero attached hydrogens (tertiary/aromatic N) is 3. The molecule has 1 fully saturated rings. The van der Waals surface area contributed by atoms with Gasteiger partial charge >= 0.3 is 0 Å². The van der Waals surface area contributed by atoms with Gasteiger partial charge in [-0.1, -0.05) is 58.1 Å². The van der Waals surface area contributed by atoms with Gasteiger partial charge in [0.05, 0.1) is 30.5 Å². The van der Waals surface area contributed by atoms with E-state index in [1.807, 2.05) is 0 Å². The minimum absolute atomic E-state index is 0.198. The van der Waals surface area contributed by atoms with Crippen molar-refractivity contribution in [1.29, 1.82) is 0 Å². The number of hydrogen-bond acceptors (Lipinski definition) is 8. The van der Waals surface area contributed by atoms with Gasteiger partial charge in [-0.05, 0) is 18.2 Å². The molecule has 0 aliphatic carbocycles. The van der Waals surface area contributed by atoms with E-state index in [9.17, 15) is 4.79 Å². The summed E-state index contributed by atoms with van der Waals surface area (Å²) in [5.41, 5.74) is 0. The molecule has 1 N–H and O–H groups in total. The summed E-state index contributed by atoms with van der Waals surface area (Å²) in [5, 5.41) is 11.9. The lowest BCUT2D eigenvalue weighted by molar-refractivity contribution is -0.118. The summed E-state index contributed by atoms with van der Waals surface area (Å²) in [4.78, 5) is 14.3. The molecule has 1 aliphatic heterocycles. The molecule has 1 aliphatic rings. The number of anilines is 1. The first-order chi connectivity index (χ1) is 14.1. The Balaban J connectivity index is 1.37. The van der Waals surface area contributed by atoms with Crippen molar-refractivity contribution in [3.05, 3.63) is 28.2 Å². The first kappa shape index (κ1) is 22.2. The summed E-state index contributed by atoms with van der Waals surface area (Å²) in [6.07, 6.45) is 0. The van der Waals surface area contributed by atoms with Crippen molar-refractivity contribution >= 4 is 57.3 Å². The number of benzene rings is 1. The van der Waals surface area contributed by atoms with Crippen molar-refractivity contribution in [1.82, 2.24) is 15.1 Å². The van der Waals surface area contributed by atoms with Crippen LogP contribution in [0, 0.1) is 11.8 Å². The van der Waals surface area contributed by atoms with E-state index in [-0.39, 0.29) is 12.5 Å². The van der Waals surface area contributed by atoms with Gasteiger partial charge in [-0.25, -0.2) is 0 Å². The molecule has 2 aromatic rings. The third-order valence-corrected chi connectivity index (χ3v) is 6.09. The van der Waals surface area contributed by atoms with Gasteiger partial charge in [0.15, 0.2) is 10.9 Å². The van der Waals surface area contributed by atoms with E-state index in [0.29, 0.717) is 26.7 Å². The van der Waals surface area contributed by atoms with E-state index >= 15 is 0 Å². The Kier molecular flexibility index (Phi) is 8.86. The highest BCUT2D eigenvalue weighted by Gasteiger charge is 2.11. The molecule has 0 saturated carbocycles. The van der Waals surface area contributed by atoms with Gasteiger partial charge in [0.1, 0.15) is 5.75 Å². The molecule has 0 atom stereocenters. The largest absolute Gasteiger partial charge is 0.482 e. The number of aromatic nitrogens is 2. The Morgan fingerprint density at radius 3 is 2.93 bits per heavy atom. The van der Waals surface area contributed by atoms with Crippen molar-refractivity contribution in [2.75, 3.05) is 50.5 Å². The highest BCUT2D eigenvalue weighted by molar-refractivity contribution is 8.01. The second-order valence-corrected chi connectivity index (χ2v) is 8.86. The minimum atomic E-state index is -0.353. The SMILES string of the molecule is O=C(COc1ccc(Cl)cc1Cl)Nc1nnc(SCC#CCN2CCOCC2)s1. The fraction of sp³-hybridized carbons (Fsp3) is 0.389. The van der Waals surface area contributed by atoms with Crippen LogP contribution in [0.15, 0.2) is 22.5 Å². The lowest BCUT2D eigenvalue weighted by atomic mass is 10.3. The number of halogens is 2. The number of morpholine rings is 1. The van der Waals surface area contributed by atoms with Gasteiger partial charge < -0.3 is 9.47 Å². The van der Waals surface area contributed by atoms with Crippen molar-refractivity contribution in [3.8, 4) is 17.6 Å². The third kappa shape index (κ3) is 7.66. The summed E-state index contributed by atoms with van der Waals surface area (Å²) in [6.45, 7) is 3.95. The molecule has 0 unspecified atom stereocenters. The van der Waals surface area contributed by atoms with E-state index < -0.39 is 0 Å². The van der Waals surface area contributed by atoms with Gasteiger partial charge in [0.25, 0.3) is 5.91 Å². The van der Waals surface area contributed by atoms with Crippen LogP contribution in [0.3, 0.4) is 0 Å². The smallest absolute Gasteiger partial charge is 0.264 e. The Bertz CT molecular complexity index is 895. The van der Waals surface area contributed by atoms with Gasteiger partial charge in [-0.2, -0.15) is 0 Å². The van der Waals surface area contributed by atoms with Crippen LogP contribution in [0.2, 0.25) is 10.0 Å². The van der Waals surface area contributed by atoms with Crippen molar-refractivity contribution in [2.24, 2.45) is 0 Å². The first-order valence-corrected chi connectivity index (χ1v) is 11.3. The molecule has 29 heavy (non-hydrogen) atoms. The van der Waals surface area contributed by atoms with Crippen LogP contribution in [0.25, 0.3) is 0 Å². The number of amides is 1. The lowest BCUT2D eigenvalue weighted by Crippen LogP contribution is -2.36. The third-order valence-electron chi connectivity index (χ3n) is 3.70. The van der Waals surface area contributed by atoms with Crippen LogP contribution in [-0.4, -0.2) is 66.2 Å². The molecule has 1 amide bonds. The quantitative estimate of drug-likeness (QED) is 0.376. The minimum Gasteiger partial charge on any atom is -0.482 e. The van der Waals surface area contributed by atoms with E-state index in [0.717, 1.165) is 37.2 Å². The lowest BCUT2D eigenvalue weighted by Gasteiger charge is -2.24. The van der Waals surface area contributed by atoms with Crippen LogP contribution in [0.4, 0.5) is 5.13 Å². The second kappa shape index (κ2) is 11.6. The Morgan fingerprint density at radius 1 is 1.31 bits per heavy atom. The maximum atomic E-state index is 12.0. The fourth-order valence-corrected chi connectivity index (χ4v) is 4.29. The average molecular weight is 473 g/mol. The monoisotopic (exact) mass is 472 g/mol. The van der Waals surface area contributed by atoms with E-state index in [1.165, 1.54) is 23.1 Å². The molecule has 7 nitrogen and oxygen atoms in total. The Labute approximate surface area is 187 Å². The number of rotatable bonds is 7. The van der Waals surface area contributed by atoms with E-state index in [1.54, 1.807) is 18.2 Å². The average Bonchev–Trinajstić information content (AvgIpc) is 3.15. The molecular weight excluding hydrogens is 455 g/mol. The number of thioether (sulfide) groups is 1. The predicted octanol–water partition coefficient (Wildman–Crippen LogP) is 3.29. The zero-order valence-electron chi connectivity index (χ0n) is 15.3. The molecule has 3 rings (SSSR count). The zero-order chi connectivity index (χ0) is 20.5. The molecule has 1 aromatic heterocycles. The highest BCUT2D eigenvalue weighted by atomic mass is 35.5. The first-order valence-electron chi connectivity index (χ1n) is 8.70. The predicted molar refractivity (Wildman–Crippen MR) is 116 cm³/mol. The van der Waals surface area contributed by atoms with Crippen LogP contribution in [-0.2, 0) is 9.53 Å². The van der Waals surface area contributed by atoms with Gasteiger partial charge in [0, 0.05) is 18.1 Å². The van der Waals surface area contributed by atoms with Crippen molar-refractivity contribution < 1.29 is 14.3 Å². The number of ether oxygens (including phenoxy) is 2. The molecule has 1 aromatic carbocycles. The maximum absolute atomic E-state index is 12.0. The van der Waals surface area contributed by atoms with Crippen LogP contribution >= 0.6 is 46.3 Å². The molecule has 1 saturated heterocycles. The van der Waals surface area contributed by atoms with Crippen molar-refractivity contribution in [3.63, 3.8) is 0 Å². The summed E-state index contributed by atoms with van der Waals surface area (Å²) >= 11 is 14.6. The molecular formula is C18H18Cl2N4O3S2. The van der Waals surface area contributed by atoms with E-state index in [4.69, 9.17) is 32.7 Å². The van der Waals surface area contributed by atoms with Crippen LogP contribution < -0.4 is 10.1 Å². The van der Waals surface area contributed by atoms with Crippen LogP contribution in [0.5, 0.6) is 5.75 Å². The van der Waals surface area contributed by atoms with E-state index in [2.05, 4.69) is 32.3 Å². The topological polar surface area (TPSA) is 76.6 Å². The number of nitrogens with one attached hydrogen (secondary N) is 1.